The third-order valence-electron chi connectivity index (χ3n) is 8.53. The Morgan fingerprint density at radius 1 is 0.500 bits per heavy atom. The molecule has 5 nitrogen and oxygen atoms in total. The van der Waals surface area contributed by atoms with E-state index >= 15 is 0 Å². The van der Waals surface area contributed by atoms with E-state index in [-0.39, 0.29) is 31.1 Å². The zero-order valence-electron chi connectivity index (χ0n) is 26.7. The second-order valence-electron chi connectivity index (χ2n) is 11.7. The number of hydrogen-bond acceptors (Lipinski definition) is 5. The van der Waals surface area contributed by atoms with Crippen LogP contribution in [0.3, 0.4) is 0 Å². The van der Waals surface area contributed by atoms with Crippen LogP contribution in [0.2, 0.25) is 0 Å². The van der Waals surface area contributed by atoms with Crippen LogP contribution in [0.1, 0.15) is 0 Å². The minimum Gasteiger partial charge on any atom is -0.452 e. The number of nitrogens with zero attached hydrogens (tertiary/aromatic N) is 4. The average molecular weight is 865 g/mol. The van der Waals surface area contributed by atoms with E-state index in [0.717, 1.165) is 72.5 Å². The quantitative estimate of drug-likeness (QED) is 0.156. The molecule has 0 radical (unpaired) electrons. The van der Waals surface area contributed by atoms with Gasteiger partial charge in [-0.1, -0.05) is 114 Å². The van der Waals surface area contributed by atoms with Gasteiger partial charge in [-0.05, 0) is 18.2 Å². The molecule has 0 aliphatic heterocycles. The summed E-state index contributed by atoms with van der Waals surface area (Å²) in [7, 11) is 0. The second kappa shape index (κ2) is 13.7. The van der Waals surface area contributed by atoms with Crippen LogP contribution in [-0.4, -0.2) is 19.9 Å². The van der Waals surface area contributed by atoms with E-state index in [9.17, 15) is 0 Å². The van der Waals surface area contributed by atoms with Gasteiger partial charge in [0.1, 0.15) is 22.6 Å². The van der Waals surface area contributed by atoms with Crippen LogP contribution in [0, 0.1) is 43.2 Å². The van der Waals surface area contributed by atoms with Crippen LogP contribution in [0.25, 0.3) is 89.7 Å². The average Bonchev–Trinajstić information content (AvgIpc) is 3.57. The van der Waals surface area contributed by atoms with Crippen molar-refractivity contribution >= 4 is 22.1 Å². The van der Waals surface area contributed by atoms with E-state index in [1.165, 1.54) is 0 Å². The van der Waals surface area contributed by atoms with E-state index in [1.54, 1.807) is 0 Å². The van der Waals surface area contributed by atoms with Gasteiger partial charge >= 0.3 is 31.1 Å². The summed E-state index contributed by atoms with van der Waals surface area (Å²) in [5, 5.41) is 0.942. The molecule has 0 saturated carbocycles. The number of furan rings is 1. The van der Waals surface area contributed by atoms with Gasteiger partial charge in [-0.2, -0.15) is 35.4 Å². The molecule has 9 aromatic rings. The Balaban J connectivity index is 0.00000361. The Kier molecular flexibility index (Phi) is 8.65. The van der Waals surface area contributed by atoms with Gasteiger partial charge in [-0.3, -0.25) is 9.97 Å². The van der Waals surface area contributed by atoms with Crippen molar-refractivity contribution in [2.45, 2.75) is 0 Å². The van der Waals surface area contributed by atoms with E-state index in [2.05, 4.69) is 36.4 Å². The third-order valence-corrected chi connectivity index (χ3v) is 8.53. The molecular formula is C44H26N4OU. The first-order valence-electron chi connectivity index (χ1n) is 16.1. The topological polar surface area (TPSA) is 64.7 Å². The van der Waals surface area contributed by atoms with Crippen LogP contribution in [0.5, 0.6) is 0 Å². The predicted molar refractivity (Wildman–Crippen MR) is 195 cm³/mol. The summed E-state index contributed by atoms with van der Waals surface area (Å²) in [6.07, 6.45) is 0. The van der Waals surface area contributed by atoms with Gasteiger partial charge in [0.2, 0.25) is 0 Å². The predicted octanol–water partition coefficient (Wildman–Crippen LogP) is 10.8. The van der Waals surface area contributed by atoms with Crippen molar-refractivity contribution in [2.75, 3.05) is 0 Å². The zero-order valence-corrected chi connectivity index (χ0v) is 30.9. The third kappa shape index (κ3) is 5.94. The number of fused-ring (bicyclic) bond motifs is 3. The molecule has 0 aliphatic rings. The van der Waals surface area contributed by atoms with Gasteiger partial charge < -0.3 is 4.42 Å². The van der Waals surface area contributed by atoms with Crippen molar-refractivity contribution in [1.82, 2.24) is 19.9 Å². The Hall–Kier alpha value is -5.67. The summed E-state index contributed by atoms with van der Waals surface area (Å²) in [4.78, 5) is 20.3. The molecule has 0 N–H and O–H groups in total. The first-order chi connectivity index (χ1) is 24.3. The monoisotopic (exact) mass is 864 g/mol. The first-order valence-corrected chi connectivity index (χ1v) is 16.1. The Bertz CT molecular complexity index is 2550. The van der Waals surface area contributed by atoms with Crippen molar-refractivity contribution in [3.05, 3.63) is 170 Å². The molecule has 0 spiro atoms. The molecule has 3 heterocycles. The van der Waals surface area contributed by atoms with Crippen LogP contribution in [0.15, 0.2) is 162 Å². The minimum atomic E-state index is 0. The Morgan fingerprint density at radius 3 is 1.82 bits per heavy atom. The number of hydrogen-bond donors (Lipinski definition) is 0. The van der Waals surface area contributed by atoms with Crippen molar-refractivity contribution in [1.29, 1.82) is 0 Å². The van der Waals surface area contributed by atoms with E-state index < -0.39 is 0 Å². The van der Waals surface area contributed by atoms with Gasteiger partial charge in [-0.15, -0.1) is 24.3 Å². The molecule has 50 heavy (non-hydrogen) atoms. The van der Waals surface area contributed by atoms with Gasteiger partial charge in [0.25, 0.3) is 0 Å². The SMILES string of the molecule is [U+2].[c-]1c(-c2nc(-c3ccccc3)c3oc4ccccc4c3n2)cccc1-c1[c-]cccc1-c1nc(-c2ccccc2)cc(-c2ccccc2)n1. The Morgan fingerprint density at radius 2 is 1.12 bits per heavy atom. The summed E-state index contributed by atoms with van der Waals surface area (Å²) >= 11 is 0. The van der Waals surface area contributed by atoms with Gasteiger partial charge in [0, 0.05) is 22.1 Å². The van der Waals surface area contributed by atoms with Crippen LogP contribution >= 0.6 is 0 Å². The molecule has 0 fully saturated rings. The minimum absolute atomic E-state index is 0. The van der Waals surface area contributed by atoms with Gasteiger partial charge in [0.05, 0.1) is 17.2 Å². The molecule has 0 atom stereocenters. The molecule has 0 unspecified atom stereocenters. The van der Waals surface area contributed by atoms with Crippen molar-refractivity contribution in [3.63, 3.8) is 0 Å². The number of benzene rings is 6. The fourth-order valence-electron chi connectivity index (χ4n) is 6.18. The number of rotatable bonds is 6. The van der Waals surface area contributed by atoms with E-state index in [1.807, 2.05) is 133 Å². The normalized spacial score (nSPS) is 11.0. The first kappa shape index (κ1) is 31.6. The largest absolute Gasteiger partial charge is 2.00 e. The molecule has 6 heteroatoms. The molecular weight excluding hydrogens is 839 g/mol. The summed E-state index contributed by atoms with van der Waals surface area (Å²) < 4.78 is 6.32. The van der Waals surface area contributed by atoms with Crippen molar-refractivity contribution < 1.29 is 35.5 Å². The van der Waals surface area contributed by atoms with Crippen molar-refractivity contribution in [3.8, 4) is 67.7 Å². The summed E-state index contributed by atoms with van der Waals surface area (Å²) in [5.41, 5.74) is 10.9. The summed E-state index contributed by atoms with van der Waals surface area (Å²) in [6.45, 7) is 0. The molecule has 0 amide bonds. The maximum Gasteiger partial charge on any atom is 2.00 e. The number of aromatic nitrogens is 4. The summed E-state index contributed by atoms with van der Waals surface area (Å²) in [6, 6.07) is 59.5. The zero-order chi connectivity index (χ0) is 32.6. The fourth-order valence-corrected chi connectivity index (χ4v) is 6.18. The van der Waals surface area contributed by atoms with Gasteiger partial charge in [-0.25, -0.2) is 9.97 Å². The molecule has 9 rings (SSSR count). The van der Waals surface area contributed by atoms with Crippen LogP contribution < -0.4 is 0 Å². The van der Waals surface area contributed by atoms with E-state index in [0.29, 0.717) is 17.2 Å². The van der Waals surface area contributed by atoms with E-state index in [4.69, 9.17) is 24.4 Å². The van der Waals surface area contributed by atoms with Crippen LogP contribution in [-0.2, 0) is 0 Å². The fraction of sp³-hybridized carbons (Fsp3) is 0. The standard InChI is InChI=1S/C44H26N4O.U/c1-4-15-29(16-5-1)37-28-38(30-17-6-2-7-18-30)46-44(45-37)35-24-11-10-23-34(35)32-21-14-22-33(27-32)43-47-40(31-19-8-3-9-20-31)42-41(48-43)36-25-12-13-26-39(36)49-42;/h1-22,24-26,28H;/q-2;+2. The molecule has 232 valence electrons. The molecule has 6 aromatic carbocycles. The maximum absolute atomic E-state index is 6.32. The number of para-hydroxylation sites is 1. The smallest absolute Gasteiger partial charge is 0.452 e. The van der Waals surface area contributed by atoms with Crippen molar-refractivity contribution in [2.24, 2.45) is 0 Å². The second-order valence-corrected chi connectivity index (χ2v) is 11.7. The van der Waals surface area contributed by atoms with Gasteiger partial charge in [0.15, 0.2) is 5.58 Å². The molecule has 0 bridgehead atoms. The van der Waals surface area contributed by atoms with Crippen LogP contribution in [0.4, 0.5) is 0 Å². The maximum atomic E-state index is 6.32. The Labute approximate surface area is 313 Å². The molecule has 3 aromatic heterocycles. The summed E-state index contributed by atoms with van der Waals surface area (Å²) in [5.74, 6) is 1.17. The molecule has 0 saturated heterocycles. The molecule has 0 aliphatic carbocycles.